The van der Waals surface area contributed by atoms with E-state index in [1.54, 1.807) is 0 Å². The number of aromatic nitrogens is 2. The zero-order valence-electron chi connectivity index (χ0n) is 9.58. The second kappa shape index (κ2) is 4.01. The highest BCUT2D eigenvalue weighted by molar-refractivity contribution is 5.89. The van der Waals surface area contributed by atoms with Gasteiger partial charge in [0.25, 0.3) is 0 Å². The molecule has 2 aromatic heterocycles. The summed E-state index contributed by atoms with van der Waals surface area (Å²) in [5.41, 5.74) is -0.215. The van der Waals surface area contributed by atoms with Crippen molar-refractivity contribution in [1.82, 2.24) is 9.38 Å². The van der Waals surface area contributed by atoms with Crippen molar-refractivity contribution < 1.29 is 22.7 Å². The van der Waals surface area contributed by atoms with Gasteiger partial charge in [0.1, 0.15) is 5.65 Å². The summed E-state index contributed by atoms with van der Waals surface area (Å²) in [5.74, 6) is -0.676. The summed E-state index contributed by atoms with van der Waals surface area (Å²) in [6, 6.07) is 2.13. The number of hydrogen-bond acceptors (Lipinski definition) is 3. The number of carbonyl (C=O) groups excluding carboxylic acids is 1. The fourth-order valence-electron chi connectivity index (χ4n) is 1.62. The van der Waals surface area contributed by atoms with Crippen molar-refractivity contribution in [2.45, 2.75) is 13.1 Å². The van der Waals surface area contributed by atoms with Gasteiger partial charge in [0, 0.05) is 6.20 Å². The molecule has 4 nitrogen and oxygen atoms in total. The van der Waals surface area contributed by atoms with Gasteiger partial charge in [-0.2, -0.15) is 13.2 Å². The number of pyridine rings is 1. The fourth-order valence-corrected chi connectivity index (χ4v) is 1.62. The third-order valence-corrected chi connectivity index (χ3v) is 2.56. The minimum absolute atomic E-state index is 0.0109. The second-order valence-corrected chi connectivity index (χ2v) is 3.68. The Morgan fingerprint density at radius 2 is 2.06 bits per heavy atom. The van der Waals surface area contributed by atoms with E-state index in [1.165, 1.54) is 24.5 Å². The Labute approximate surface area is 100 Å². The first-order valence-electron chi connectivity index (χ1n) is 4.99. The van der Waals surface area contributed by atoms with Crippen LogP contribution in [-0.2, 0) is 10.9 Å². The third-order valence-electron chi connectivity index (χ3n) is 2.56. The van der Waals surface area contributed by atoms with Crippen LogP contribution in [0.15, 0.2) is 18.3 Å². The summed E-state index contributed by atoms with van der Waals surface area (Å²) in [6.07, 6.45) is -3.53. The molecule has 0 saturated carbocycles. The molecule has 2 aromatic rings. The molecular weight excluding hydrogens is 249 g/mol. The number of halogens is 3. The maximum absolute atomic E-state index is 12.6. The van der Waals surface area contributed by atoms with E-state index in [2.05, 4.69) is 9.72 Å². The number of alkyl halides is 3. The first-order chi connectivity index (χ1) is 8.34. The Bertz CT molecular complexity index is 617. The Kier molecular flexibility index (Phi) is 2.76. The Balaban J connectivity index is 2.64. The standard InChI is InChI=1S/C11H9F3N2O2/c1-6-9(10(17)18-2)15-8-4-3-7(5-16(6)8)11(12,13)14/h3-5H,1-2H3. The molecule has 18 heavy (non-hydrogen) atoms. The van der Waals surface area contributed by atoms with Crippen LogP contribution < -0.4 is 0 Å². The minimum Gasteiger partial charge on any atom is -0.464 e. The van der Waals surface area contributed by atoms with Crippen molar-refractivity contribution in [3.63, 3.8) is 0 Å². The number of hydrogen-bond donors (Lipinski definition) is 0. The summed E-state index contributed by atoms with van der Waals surface area (Å²) in [6.45, 7) is 1.51. The summed E-state index contributed by atoms with van der Waals surface area (Å²) in [5, 5.41) is 0. The van der Waals surface area contributed by atoms with Crippen molar-refractivity contribution in [3.8, 4) is 0 Å². The largest absolute Gasteiger partial charge is 0.464 e. The topological polar surface area (TPSA) is 43.6 Å². The molecule has 0 aliphatic carbocycles. The van der Waals surface area contributed by atoms with Crippen molar-refractivity contribution >= 4 is 11.6 Å². The molecule has 0 spiro atoms. The normalized spacial score (nSPS) is 11.8. The predicted molar refractivity (Wildman–Crippen MR) is 56.3 cm³/mol. The van der Waals surface area contributed by atoms with Crippen LogP contribution in [-0.4, -0.2) is 22.5 Å². The molecule has 0 N–H and O–H groups in total. The Morgan fingerprint density at radius 1 is 1.39 bits per heavy atom. The van der Waals surface area contributed by atoms with E-state index >= 15 is 0 Å². The zero-order valence-corrected chi connectivity index (χ0v) is 9.58. The van der Waals surface area contributed by atoms with E-state index in [9.17, 15) is 18.0 Å². The van der Waals surface area contributed by atoms with Crippen LogP contribution >= 0.6 is 0 Å². The number of aryl methyl sites for hydroxylation is 1. The van der Waals surface area contributed by atoms with Crippen LogP contribution in [0, 0.1) is 6.92 Å². The number of carbonyl (C=O) groups is 1. The van der Waals surface area contributed by atoms with Gasteiger partial charge in [-0.1, -0.05) is 0 Å². The van der Waals surface area contributed by atoms with Crippen LogP contribution in [0.5, 0.6) is 0 Å². The molecular formula is C11H9F3N2O2. The molecule has 0 amide bonds. The number of nitrogens with zero attached hydrogens (tertiary/aromatic N) is 2. The summed E-state index contributed by atoms with van der Waals surface area (Å²) < 4.78 is 43.4. The molecule has 0 atom stereocenters. The van der Waals surface area contributed by atoms with E-state index in [-0.39, 0.29) is 11.3 Å². The van der Waals surface area contributed by atoms with Crippen LogP contribution in [0.3, 0.4) is 0 Å². The van der Waals surface area contributed by atoms with Gasteiger partial charge < -0.3 is 9.14 Å². The molecule has 2 rings (SSSR count). The van der Waals surface area contributed by atoms with Gasteiger partial charge in [0.15, 0.2) is 5.69 Å². The van der Waals surface area contributed by atoms with E-state index in [1.807, 2.05) is 0 Å². The van der Waals surface area contributed by atoms with Crippen molar-refractivity contribution in [2.24, 2.45) is 0 Å². The van der Waals surface area contributed by atoms with Crippen LogP contribution in [0.25, 0.3) is 5.65 Å². The quantitative estimate of drug-likeness (QED) is 0.738. The average Bonchev–Trinajstić information content (AvgIpc) is 2.64. The summed E-state index contributed by atoms with van der Waals surface area (Å²) in [7, 11) is 1.19. The highest BCUT2D eigenvalue weighted by Gasteiger charge is 2.31. The molecule has 0 bridgehead atoms. The molecule has 0 aromatic carbocycles. The lowest BCUT2D eigenvalue weighted by Crippen LogP contribution is -2.07. The highest BCUT2D eigenvalue weighted by atomic mass is 19.4. The van der Waals surface area contributed by atoms with E-state index < -0.39 is 17.7 Å². The summed E-state index contributed by atoms with van der Waals surface area (Å²) >= 11 is 0. The highest BCUT2D eigenvalue weighted by Crippen LogP contribution is 2.29. The molecule has 0 fully saturated rings. The monoisotopic (exact) mass is 258 g/mol. The number of rotatable bonds is 1. The molecule has 0 radical (unpaired) electrons. The van der Waals surface area contributed by atoms with E-state index in [4.69, 9.17) is 0 Å². The number of fused-ring (bicyclic) bond motifs is 1. The van der Waals surface area contributed by atoms with Crippen molar-refractivity contribution in [1.29, 1.82) is 0 Å². The molecule has 2 heterocycles. The Morgan fingerprint density at radius 3 is 2.61 bits per heavy atom. The molecule has 0 unspecified atom stereocenters. The van der Waals surface area contributed by atoms with Crippen LogP contribution in [0.4, 0.5) is 13.2 Å². The SMILES string of the molecule is COC(=O)c1nc2ccc(C(F)(F)F)cn2c1C. The lowest BCUT2D eigenvalue weighted by molar-refractivity contribution is -0.137. The van der Waals surface area contributed by atoms with E-state index in [0.717, 1.165) is 12.3 Å². The van der Waals surface area contributed by atoms with Crippen LogP contribution in [0.1, 0.15) is 21.7 Å². The number of ether oxygens (including phenoxy) is 1. The molecule has 7 heteroatoms. The first-order valence-corrected chi connectivity index (χ1v) is 4.99. The van der Waals surface area contributed by atoms with Gasteiger partial charge in [0.05, 0.1) is 18.4 Å². The zero-order chi connectivity index (χ0) is 13.5. The van der Waals surface area contributed by atoms with E-state index in [0.29, 0.717) is 5.69 Å². The maximum Gasteiger partial charge on any atom is 0.417 e. The fraction of sp³-hybridized carbons (Fsp3) is 0.273. The number of methoxy groups -OCH3 is 1. The van der Waals surface area contributed by atoms with Gasteiger partial charge in [-0.25, -0.2) is 9.78 Å². The molecule has 0 aliphatic rings. The van der Waals surface area contributed by atoms with Gasteiger partial charge in [-0.15, -0.1) is 0 Å². The molecule has 0 aliphatic heterocycles. The number of esters is 1. The molecule has 96 valence electrons. The number of imidazole rings is 1. The maximum atomic E-state index is 12.6. The van der Waals surface area contributed by atoms with Crippen molar-refractivity contribution in [3.05, 3.63) is 35.3 Å². The smallest absolute Gasteiger partial charge is 0.417 e. The second-order valence-electron chi connectivity index (χ2n) is 3.68. The van der Waals surface area contributed by atoms with Gasteiger partial charge in [0.2, 0.25) is 0 Å². The lowest BCUT2D eigenvalue weighted by Gasteiger charge is -2.07. The predicted octanol–water partition coefficient (Wildman–Crippen LogP) is 2.45. The van der Waals surface area contributed by atoms with Gasteiger partial charge >= 0.3 is 12.1 Å². The minimum atomic E-state index is -4.43. The molecule has 0 saturated heterocycles. The third kappa shape index (κ3) is 1.92. The average molecular weight is 258 g/mol. The lowest BCUT2D eigenvalue weighted by atomic mass is 10.2. The summed E-state index contributed by atoms with van der Waals surface area (Å²) in [4.78, 5) is 15.3. The van der Waals surface area contributed by atoms with Crippen LogP contribution in [0.2, 0.25) is 0 Å². The van der Waals surface area contributed by atoms with Gasteiger partial charge in [-0.3, -0.25) is 0 Å². The van der Waals surface area contributed by atoms with Crippen molar-refractivity contribution in [2.75, 3.05) is 7.11 Å². The first kappa shape index (κ1) is 12.4. The Hall–Kier alpha value is -2.05. The van der Waals surface area contributed by atoms with Gasteiger partial charge in [-0.05, 0) is 19.1 Å².